The lowest BCUT2D eigenvalue weighted by molar-refractivity contribution is -0.129. The van der Waals surface area contributed by atoms with Gasteiger partial charge in [0.25, 0.3) is 0 Å². The van der Waals surface area contributed by atoms with Gasteiger partial charge in [-0.05, 0) is 36.8 Å². The van der Waals surface area contributed by atoms with Crippen molar-refractivity contribution < 1.29 is 9.18 Å². The van der Waals surface area contributed by atoms with Crippen molar-refractivity contribution >= 4 is 46.0 Å². The van der Waals surface area contributed by atoms with Crippen LogP contribution in [0.2, 0.25) is 0 Å². The summed E-state index contributed by atoms with van der Waals surface area (Å²) in [7, 11) is 0. The number of carbonyl (C=O) groups is 1. The minimum Gasteiger partial charge on any atom is -0.368 e. The van der Waals surface area contributed by atoms with Crippen LogP contribution in [-0.4, -0.2) is 57.2 Å². The number of aromatic amines is 1. The minimum absolute atomic E-state index is 0.00494. The molecular weight excluding hydrogens is 445 g/mol. The number of benzene rings is 2. The standard InChI is InChI=1S/C26H26FN7O/c1-17-14-24(32-31-17)29-25-21-9-8-20(34-12-10-33(11-13-34)18(2)35)16-23(21)28-26(30-25)22(27)15-19-6-4-3-5-7-19/h3-9,14-16H,10-13H2,1-2H3,(H2,28,29,30,31,32)/b22-15-. The van der Waals surface area contributed by atoms with Crippen LogP contribution >= 0.6 is 0 Å². The van der Waals surface area contributed by atoms with E-state index < -0.39 is 5.83 Å². The Morgan fingerprint density at radius 3 is 2.51 bits per heavy atom. The summed E-state index contributed by atoms with van der Waals surface area (Å²) in [6.45, 7) is 6.29. The molecule has 5 rings (SSSR count). The highest BCUT2D eigenvalue weighted by Gasteiger charge is 2.20. The normalized spacial score (nSPS) is 14.4. The zero-order chi connectivity index (χ0) is 24.4. The molecule has 0 aliphatic carbocycles. The second-order valence-electron chi connectivity index (χ2n) is 8.55. The van der Waals surface area contributed by atoms with Crippen LogP contribution in [0.25, 0.3) is 22.8 Å². The molecule has 35 heavy (non-hydrogen) atoms. The van der Waals surface area contributed by atoms with Gasteiger partial charge in [0, 0.05) is 55.9 Å². The van der Waals surface area contributed by atoms with E-state index >= 15 is 4.39 Å². The Hall–Kier alpha value is -4.27. The zero-order valence-electron chi connectivity index (χ0n) is 19.6. The summed E-state index contributed by atoms with van der Waals surface area (Å²) in [6, 6.07) is 17.0. The van der Waals surface area contributed by atoms with Crippen molar-refractivity contribution in [3.63, 3.8) is 0 Å². The Morgan fingerprint density at radius 1 is 1.06 bits per heavy atom. The number of aryl methyl sites for hydroxylation is 1. The van der Waals surface area contributed by atoms with Crippen LogP contribution in [0.5, 0.6) is 0 Å². The highest BCUT2D eigenvalue weighted by Crippen LogP contribution is 2.30. The van der Waals surface area contributed by atoms with Crippen LogP contribution in [0.3, 0.4) is 0 Å². The van der Waals surface area contributed by atoms with Crippen molar-refractivity contribution in [2.45, 2.75) is 13.8 Å². The number of piperazine rings is 1. The van der Waals surface area contributed by atoms with E-state index in [0.717, 1.165) is 35.4 Å². The summed E-state index contributed by atoms with van der Waals surface area (Å²) in [4.78, 5) is 24.8. The number of carbonyl (C=O) groups excluding carboxylic acids is 1. The first kappa shape index (κ1) is 22.5. The molecule has 0 radical (unpaired) electrons. The fourth-order valence-electron chi connectivity index (χ4n) is 4.16. The van der Waals surface area contributed by atoms with Gasteiger partial charge in [0.1, 0.15) is 5.82 Å². The maximum Gasteiger partial charge on any atom is 0.219 e. The van der Waals surface area contributed by atoms with Crippen molar-refractivity contribution in [3.8, 4) is 0 Å². The van der Waals surface area contributed by atoms with Crippen molar-refractivity contribution in [2.24, 2.45) is 0 Å². The maximum absolute atomic E-state index is 15.3. The molecule has 2 aromatic heterocycles. The average molecular weight is 472 g/mol. The van der Waals surface area contributed by atoms with Gasteiger partial charge < -0.3 is 15.1 Å². The largest absolute Gasteiger partial charge is 0.368 e. The molecule has 2 aromatic carbocycles. The second-order valence-corrected chi connectivity index (χ2v) is 8.55. The highest BCUT2D eigenvalue weighted by molar-refractivity contribution is 5.94. The van der Waals surface area contributed by atoms with Crippen LogP contribution in [0.4, 0.5) is 21.7 Å². The molecule has 0 saturated carbocycles. The van der Waals surface area contributed by atoms with Crippen LogP contribution in [0.1, 0.15) is 24.0 Å². The van der Waals surface area contributed by atoms with E-state index in [9.17, 15) is 4.79 Å². The summed E-state index contributed by atoms with van der Waals surface area (Å²) in [5.74, 6) is 0.617. The molecule has 3 heterocycles. The molecule has 1 amide bonds. The number of nitrogens with one attached hydrogen (secondary N) is 2. The van der Waals surface area contributed by atoms with Gasteiger partial charge in [0.15, 0.2) is 17.5 Å². The molecule has 9 heteroatoms. The first-order valence-electron chi connectivity index (χ1n) is 11.5. The minimum atomic E-state index is -0.528. The van der Waals surface area contributed by atoms with Crippen molar-refractivity contribution in [1.82, 2.24) is 25.1 Å². The third-order valence-electron chi connectivity index (χ3n) is 6.03. The smallest absolute Gasteiger partial charge is 0.219 e. The third kappa shape index (κ3) is 4.98. The number of H-pyrrole nitrogens is 1. The van der Waals surface area contributed by atoms with Crippen molar-refractivity contribution in [1.29, 1.82) is 0 Å². The third-order valence-corrected chi connectivity index (χ3v) is 6.03. The number of rotatable bonds is 5. The average Bonchev–Trinajstić information content (AvgIpc) is 3.28. The molecule has 1 saturated heterocycles. The number of hydrogen-bond donors (Lipinski definition) is 2. The first-order chi connectivity index (χ1) is 17.0. The van der Waals surface area contributed by atoms with Crippen LogP contribution in [-0.2, 0) is 4.79 Å². The molecule has 2 N–H and O–H groups in total. The van der Waals surface area contributed by atoms with E-state index in [1.165, 1.54) is 6.08 Å². The fourth-order valence-corrected chi connectivity index (χ4v) is 4.16. The molecule has 178 valence electrons. The van der Waals surface area contributed by atoms with Gasteiger partial charge >= 0.3 is 0 Å². The lowest BCUT2D eigenvalue weighted by Crippen LogP contribution is -2.48. The van der Waals surface area contributed by atoms with Gasteiger partial charge in [-0.3, -0.25) is 9.89 Å². The van der Waals surface area contributed by atoms with Gasteiger partial charge in [-0.1, -0.05) is 30.3 Å². The summed E-state index contributed by atoms with van der Waals surface area (Å²) >= 11 is 0. The first-order valence-corrected chi connectivity index (χ1v) is 11.5. The topological polar surface area (TPSA) is 90.0 Å². The summed E-state index contributed by atoms with van der Waals surface area (Å²) in [5.41, 5.74) is 3.21. The summed E-state index contributed by atoms with van der Waals surface area (Å²) in [6.07, 6.45) is 1.43. The van der Waals surface area contributed by atoms with E-state index in [4.69, 9.17) is 0 Å². The molecule has 0 spiro atoms. The number of amides is 1. The van der Waals surface area contributed by atoms with E-state index in [1.54, 1.807) is 6.92 Å². The lowest BCUT2D eigenvalue weighted by Gasteiger charge is -2.35. The Kier molecular flexibility index (Phi) is 6.13. The lowest BCUT2D eigenvalue weighted by atomic mass is 10.1. The number of nitrogens with zero attached hydrogens (tertiary/aromatic N) is 5. The van der Waals surface area contributed by atoms with Crippen LogP contribution < -0.4 is 10.2 Å². The molecule has 0 bridgehead atoms. The van der Waals surface area contributed by atoms with Gasteiger partial charge in [0.2, 0.25) is 5.91 Å². The Morgan fingerprint density at radius 2 is 1.83 bits per heavy atom. The van der Waals surface area contributed by atoms with Crippen molar-refractivity contribution in [3.05, 3.63) is 71.7 Å². The number of anilines is 3. The molecule has 1 fully saturated rings. The Balaban J connectivity index is 1.53. The predicted octanol–water partition coefficient (Wildman–Crippen LogP) is 4.54. The number of fused-ring (bicyclic) bond motifs is 1. The Bertz CT molecular complexity index is 1390. The van der Waals surface area contributed by atoms with Crippen LogP contribution in [0, 0.1) is 6.92 Å². The van der Waals surface area contributed by atoms with Crippen molar-refractivity contribution in [2.75, 3.05) is 36.4 Å². The zero-order valence-corrected chi connectivity index (χ0v) is 19.6. The molecule has 0 atom stereocenters. The second kappa shape index (κ2) is 9.54. The van der Waals surface area contributed by atoms with E-state index in [-0.39, 0.29) is 11.7 Å². The van der Waals surface area contributed by atoms with E-state index in [2.05, 4.69) is 30.4 Å². The molecule has 8 nitrogen and oxygen atoms in total. The van der Waals surface area contributed by atoms with Gasteiger partial charge in [-0.25, -0.2) is 14.4 Å². The van der Waals surface area contributed by atoms with E-state index in [1.807, 2.05) is 66.4 Å². The molecule has 1 aliphatic rings. The maximum atomic E-state index is 15.3. The fraction of sp³-hybridized carbons (Fsp3) is 0.231. The molecule has 4 aromatic rings. The monoisotopic (exact) mass is 471 g/mol. The van der Waals surface area contributed by atoms with Crippen LogP contribution in [0.15, 0.2) is 54.6 Å². The van der Waals surface area contributed by atoms with E-state index in [0.29, 0.717) is 30.2 Å². The molecule has 0 unspecified atom stereocenters. The Labute approximate surface area is 202 Å². The van der Waals surface area contributed by atoms with Gasteiger partial charge in [-0.15, -0.1) is 0 Å². The highest BCUT2D eigenvalue weighted by atomic mass is 19.1. The van der Waals surface area contributed by atoms with Gasteiger partial charge in [-0.2, -0.15) is 5.10 Å². The SMILES string of the molecule is CC(=O)N1CCN(c2ccc3c(Nc4cc(C)[nH]n4)nc(/C(F)=C/c4ccccc4)nc3c2)CC1. The molecular formula is C26H26FN7O. The number of aromatic nitrogens is 4. The quantitative estimate of drug-likeness (QED) is 0.444. The van der Waals surface area contributed by atoms with Gasteiger partial charge in [0.05, 0.1) is 5.52 Å². The summed E-state index contributed by atoms with van der Waals surface area (Å²) < 4.78 is 15.3. The molecule has 1 aliphatic heterocycles. The number of halogens is 1. The predicted molar refractivity (Wildman–Crippen MR) is 136 cm³/mol. The summed E-state index contributed by atoms with van der Waals surface area (Å²) in [5, 5.41) is 11.1. The number of hydrogen-bond acceptors (Lipinski definition) is 6.